The third-order valence-electron chi connectivity index (χ3n) is 6.15. The van der Waals surface area contributed by atoms with Gasteiger partial charge in [0.25, 0.3) is 0 Å². The van der Waals surface area contributed by atoms with Gasteiger partial charge in [0.05, 0.1) is 23.2 Å². The van der Waals surface area contributed by atoms with Crippen molar-refractivity contribution < 1.29 is 31.5 Å². The Hall–Kier alpha value is -2.23. The molecule has 1 N–H and O–H groups in total. The Morgan fingerprint density at radius 3 is 2.56 bits per heavy atom. The van der Waals surface area contributed by atoms with Crippen molar-refractivity contribution in [1.82, 2.24) is 5.32 Å². The lowest BCUT2D eigenvalue weighted by Crippen LogP contribution is -2.58. The number of benzene rings is 2. The van der Waals surface area contributed by atoms with Crippen LogP contribution in [0.1, 0.15) is 25.3 Å². The third-order valence-corrected chi connectivity index (χ3v) is 8.96. The van der Waals surface area contributed by atoms with Crippen molar-refractivity contribution in [3.63, 3.8) is 0 Å². The van der Waals surface area contributed by atoms with Crippen molar-refractivity contribution >= 4 is 27.3 Å². The topological polar surface area (TPSA) is 81.7 Å². The number of carbonyl (C=O) groups excluding carboxylic acids is 1. The second-order valence-corrected chi connectivity index (χ2v) is 10.6. The van der Waals surface area contributed by atoms with E-state index in [2.05, 4.69) is 5.32 Å². The fraction of sp³-hybridized carbons (Fsp3) is 0.409. The number of carbonyl (C=O) groups is 1. The first-order valence-electron chi connectivity index (χ1n) is 10.2. The summed E-state index contributed by atoms with van der Waals surface area (Å²) in [6.45, 7) is 1.45. The molecule has 0 aliphatic carbocycles. The van der Waals surface area contributed by atoms with Gasteiger partial charge in [-0.1, -0.05) is 11.6 Å². The molecule has 32 heavy (non-hydrogen) atoms. The van der Waals surface area contributed by atoms with Crippen LogP contribution >= 0.6 is 11.6 Å². The summed E-state index contributed by atoms with van der Waals surface area (Å²) in [7, 11) is -4.24. The van der Waals surface area contributed by atoms with E-state index in [1.54, 1.807) is 0 Å². The average molecular weight is 486 g/mol. The van der Waals surface area contributed by atoms with Crippen LogP contribution in [-0.2, 0) is 24.1 Å². The number of hydrogen-bond donors (Lipinski definition) is 1. The molecular formula is C22H22ClF2NO5S. The number of fused-ring (bicyclic) bond motifs is 3. The van der Waals surface area contributed by atoms with Crippen molar-refractivity contribution in [2.24, 2.45) is 5.92 Å². The second-order valence-electron chi connectivity index (χ2n) is 7.93. The summed E-state index contributed by atoms with van der Waals surface area (Å²) >= 11 is 5.94. The predicted molar refractivity (Wildman–Crippen MR) is 113 cm³/mol. The summed E-state index contributed by atoms with van der Waals surface area (Å²) in [6.07, 6.45) is -0.443. The van der Waals surface area contributed by atoms with Gasteiger partial charge in [-0.25, -0.2) is 17.2 Å². The first kappa shape index (κ1) is 22.9. The number of nitrogens with one attached hydrogen (secondary N) is 1. The quantitative estimate of drug-likeness (QED) is 0.699. The lowest BCUT2D eigenvalue weighted by molar-refractivity contribution is -0.119. The van der Waals surface area contributed by atoms with Crippen molar-refractivity contribution in [3.8, 4) is 5.75 Å². The summed E-state index contributed by atoms with van der Waals surface area (Å²) in [5.41, 5.74) is -0.309. The van der Waals surface area contributed by atoms with E-state index in [9.17, 15) is 17.6 Å². The monoisotopic (exact) mass is 485 g/mol. The molecule has 1 saturated heterocycles. The Morgan fingerprint density at radius 1 is 1.19 bits per heavy atom. The van der Waals surface area contributed by atoms with Gasteiger partial charge in [-0.2, -0.15) is 0 Å². The van der Waals surface area contributed by atoms with E-state index >= 15 is 4.39 Å². The van der Waals surface area contributed by atoms with Crippen molar-refractivity contribution in [3.05, 3.63) is 58.6 Å². The fourth-order valence-corrected chi connectivity index (χ4v) is 7.20. The van der Waals surface area contributed by atoms with Crippen LogP contribution in [0, 0.1) is 17.6 Å². The van der Waals surface area contributed by atoms with Gasteiger partial charge in [0.15, 0.2) is 21.4 Å². The van der Waals surface area contributed by atoms with Gasteiger partial charge < -0.3 is 14.8 Å². The molecule has 1 amide bonds. The lowest BCUT2D eigenvalue weighted by Gasteiger charge is -2.50. The summed E-state index contributed by atoms with van der Waals surface area (Å²) < 4.78 is 67.7. The van der Waals surface area contributed by atoms with E-state index in [0.29, 0.717) is 5.02 Å². The molecule has 172 valence electrons. The standard InChI is InChI=1S/C22H22ClF2NO5S/c1-13(27)26-10-8-19-16-12-31-21-18(25)7-6-17(24)20(21)22(16,9-11-30-19)32(28,29)15-4-2-14(23)3-5-15/h2-7,16,19H,8-12H2,1H3,(H,26,27)/t16?,19-,22-/m0/s1. The SMILES string of the molecule is CC(=O)NCC[C@@H]1OCC[C@@]2(S(=O)(=O)c3ccc(Cl)cc3)c3c(F)ccc(F)c3OCC12. The molecule has 0 radical (unpaired) electrons. The molecule has 0 spiro atoms. The average Bonchev–Trinajstić information content (AvgIpc) is 2.75. The van der Waals surface area contributed by atoms with Crippen molar-refractivity contribution in [1.29, 1.82) is 0 Å². The lowest BCUT2D eigenvalue weighted by atomic mass is 9.75. The highest BCUT2D eigenvalue weighted by atomic mass is 35.5. The van der Waals surface area contributed by atoms with Crippen LogP contribution in [0.2, 0.25) is 5.02 Å². The van der Waals surface area contributed by atoms with Gasteiger partial charge in [-0.05, 0) is 49.2 Å². The van der Waals surface area contributed by atoms with Crippen molar-refractivity contribution in [2.75, 3.05) is 19.8 Å². The van der Waals surface area contributed by atoms with E-state index in [-0.39, 0.29) is 54.7 Å². The highest BCUT2D eigenvalue weighted by Crippen LogP contribution is 2.55. The van der Waals surface area contributed by atoms with Crippen molar-refractivity contribution in [2.45, 2.75) is 35.5 Å². The Balaban J connectivity index is 1.90. The first-order valence-corrected chi connectivity index (χ1v) is 12.0. The zero-order chi connectivity index (χ0) is 23.1. The highest BCUT2D eigenvalue weighted by molar-refractivity contribution is 7.92. The van der Waals surface area contributed by atoms with Crippen LogP contribution in [0.25, 0.3) is 0 Å². The number of hydrogen-bond acceptors (Lipinski definition) is 5. The minimum absolute atomic E-state index is 0.0173. The number of halogens is 3. The van der Waals surface area contributed by atoms with Crippen LogP contribution in [-0.4, -0.2) is 40.2 Å². The third kappa shape index (κ3) is 3.66. The Kier molecular flexibility index (Phi) is 6.17. The van der Waals surface area contributed by atoms with E-state index in [1.165, 1.54) is 31.2 Å². The van der Waals surface area contributed by atoms with Gasteiger partial charge in [0, 0.05) is 31.0 Å². The summed E-state index contributed by atoms with van der Waals surface area (Å²) in [5, 5.41) is 3.01. The smallest absolute Gasteiger partial charge is 0.216 e. The molecule has 0 aromatic heterocycles. The molecule has 4 rings (SSSR count). The van der Waals surface area contributed by atoms with E-state index < -0.39 is 38.2 Å². The highest BCUT2D eigenvalue weighted by Gasteiger charge is 2.61. The van der Waals surface area contributed by atoms with E-state index in [4.69, 9.17) is 21.1 Å². The molecule has 1 unspecified atom stereocenters. The van der Waals surface area contributed by atoms with Gasteiger partial charge >= 0.3 is 0 Å². The van der Waals surface area contributed by atoms with Gasteiger partial charge in [-0.3, -0.25) is 4.79 Å². The zero-order valence-electron chi connectivity index (χ0n) is 17.2. The molecule has 1 fully saturated rings. The molecule has 2 aromatic rings. The number of sulfone groups is 1. The molecule has 0 bridgehead atoms. The number of rotatable bonds is 5. The molecule has 3 atom stereocenters. The normalized spacial score (nSPS) is 24.8. The van der Waals surface area contributed by atoms with Gasteiger partial charge in [-0.15, -0.1) is 0 Å². The molecule has 0 saturated carbocycles. The van der Waals surface area contributed by atoms with Crippen LogP contribution in [0.3, 0.4) is 0 Å². The Bertz CT molecular complexity index is 1140. The Labute approximate surface area is 189 Å². The Morgan fingerprint density at radius 2 is 1.88 bits per heavy atom. The van der Waals surface area contributed by atoms with Gasteiger partial charge in [0.1, 0.15) is 10.6 Å². The first-order chi connectivity index (χ1) is 15.2. The van der Waals surface area contributed by atoms with Crippen LogP contribution in [0.15, 0.2) is 41.3 Å². The predicted octanol–water partition coefficient (Wildman–Crippen LogP) is 3.61. The molecule has 10 heteroatoms. The maximum absolute atomic E-state index is 15.2. The van der Waals surface area contributed by atoms with E-state index in [0.717, 1.165) is 12.1 Å². The maximum atomic E-state index is 15.2. The fourth-order valence-electron chi connectivity index (χ4n) is 4.72. The molecule has 2 aliphatic rings. The molecule has 6 nitrogen and oxygen atoms in total. The zero-order valence-corrected chi connectivity index (χ0v) is 18.8. The van der Waals surface area contributed by atoms with Gasteiger partial charge in [0.2, 0.25) is 5.91 Å². The molecule has 2 aromatic carbocycles. The van der Waals surface area contributed by atoms with Crippen LogP contribution in [0.4, 0.5) is 8.78 Å². The molecule has 2 heterocycles. The van der Waals surface area contributed by atoms with Crippen LogP contribution in [0.5, 0.6) is 5.75 Å². The summed E-state index contributed by atoms with van der Waals surface area (Å²) in [4.78, 5) is 11.2. The molecular weight excluding hydrogens is 464 g/mol. The summed E-state index contributed by atoms with van der Waals surface area (Å²) in [5.74, 6) is -3.13. The molecule has 2 aliphatic heterocycles. The van der Waals surface area contributed by atoms with Crippen LogP contribution < -0.4 is 10.1 Å². The largest absolute Gasteiger partial charge is 0.490 e. The minimum Gasteiger partial charge on any atom is -0.490 e. The number of amides is 1. The number of ether oxygens (including phenoxy) is 2. The maximum Gasteiger partial charge on any atom is 0.216 e. The second kappa shape index (κ2) is 8.61. The minimum atomic E-state index is -4.24. The summed E-state index contributed by atoms with van der Waals surface area (Å²) in [6, 6.07) is 7.44. The van der Waals surface area contributed by atoms with E-state index in [1.807, 2.05) is 0 Å².